The van der Waals surface area contributed by atoms with Crippen molar-refractivity contribution in [3.63, 3.8) is 0 Å². The van der Waals surface area contributed by atoms with Crippen LogP contribution in [-0.2, 0) is 16.0 Å². The van der Waals surface area contributed by atoms with Gasteiger partial charge < -0.3 is 20.1 Å². The minimum atomic E-state index is -2.27. The molecule has 0 aliphatic carbocycles. The first-order chi connectivity index (χ1) is 11.8. The maximum Gasteiger partial charge on any atom is 0.336 e. The third-order valence-corrected chi connectivity index (χ3v) is 3.90. The van der Waals surface area contributed by atoms with E-state index in [2.05, 4.69) is 4.98 Å². The van der Waals surface area contributed by atoms with Crippen molar-refractivity contribution in [2.24, 2.45) is 0 Å². The van der Waals surface area contributed by atoms with Crippen LogP contribution in [0.4, 0.5) is 0 Å². The van der Waals surface area contributed by atoms with Crippen molar-refractivity contribution >= 4 is 11.9 Å². The van der Waals surface area contributed by atoms with Gasteiger partial charge >= 0.3 is 11.9 Å². The lowest BCUT2D eigenvalue weighted by Gasteiger charge is -2.21. The molecule has 3 N–H and O–H groups in total. The zero-order chi connectivity index (χ0) is 18.4. The van der Waals surface area contributed by atoms with Crippen LogP contribution in [0.25, 0.3) is 11.1 Å². The topological polar surface area (TPSA) is 117 Å². The molecule has 0 saturated carbocycles. The summed E-state index contributed by atoms with van der Waals surface area (Å²) in [6.07, 6.45) is 0.866. The summed E-state index contributed by atoms with van der Waals surface area (Å²) in [7, 11) is 1.54. The highest BCUT2D eigenvalue weighted by atomic mass is 16.5. The van der Waals surface area contributed by atoms with Gasteiger partial charge in [0.25, 0.3) is 0 Å². The lowest BCUT2D eigenvalue weighted by Crippen LogP contribution is -2.41. The molecule has 1 atom stereocenters. The molecular weight excluding hydrogens is 326 g/mol. The van der Waals surface area contributed by atoms with Crippen LogP contribution in [0.2, 0.25) is 0 Å². The van der Waals surface area contributed by atoms with Crippen LogP contribution in [0.3, 0.4) is 0 Å². The van der Waals surface area contributed by atoms with Gasteiger partial charge in [-0.05, 0) is 35.6 Å². The molecule has 1 aromatic heterocycles. The number of aliphatic carboxylic acids is 2. The molecule has 25 heavy (non-hydrogen) atoms. The fraction of sp³-hybridized carbons (Fsp3) is 0.278. The molecule has 0 bridgehead atoms. The molecule has 1 heterocycles. The summed E-state index contributed by atoms with van der Waals surface area (Å²) in [5.74, 6) is -2.39. The molecular formula is C18H19NO6. The minimum Gasteiger partial charge on any atom is -0.481 e. The van der Waals surface area contributed by atoms with Gasteiger partial charge in [0, 0.05) is 12.3 Å². The Morgan fingerprint density at radius 2 is 1.80 bits per heavy atom. The zero-order valence-corrected chi connectivity index (χ0v) is 13.7. The molecule has 0 spiro atoms. The van der Waals surface area contributed by atoms with Gasteiger partial charge in [0.1, 0.15) is 0 Å². The standard InChI is InChI=1S/C18H19NO6/c1-25-15-10-14(7-9-19-15)13-4-2-12(3-5-13)6-8-18(24,17(22)23)11-16(20)21/h2-5,7,9-10,24H,6,8,11H2,1H3,(H,20,21)(H,22,23). The summed E-state index contributed by atoms with van der Waals surface area (Å²) in [4.78, 5) is 25.9. The number of pyridine rings is 1. The van der Waals surface area contributed by atoms with Gasteiger partial charge in [0.05, 0.1) is 13.5 Å². The maximum atomic E-state index is 11.1. The van der Waals surface area contributed by atoms with Crippen molar-refractivity contribution in [3.8, 4) is 17.0 Å². The third kappa shape index (κ3) is 4.77. The van der Waals surface area contributed by atoms with E-state index in [1.807, 2.05) is 30.3 Å². The molecule has 0 amide bonds. The molecule has 1 unspecified atom stereocenters. The fourth-order valence-electron chi connectivity index (χ4n) is 2.44. The highest BCUT2D eigenvalue weighted by Crippen LogP contribution is 2.24. The summed E-state index contributed by atoms with van der Waals surface area (Å²) in [5, 5.41) is 27.8. The number of benzene rings is 1. The Morgan fingerprint density at radius 1 is 1.12 bits per heavy atom. The van der Waals surface area contributed by atoms with Crippen LogP contribution >= 0.6 is 0 Å². The lowest BCUT2D eigenvalue weighted by atomic mass is 9.91. The second-order valence-corrected chi connectivity index (χ2v) is 5.69. The summed E-state index contributed by atoms with van der Waals surface area (Å²) in [5.41, 5.74) is 0.382. The first kappa shape index (κ1) is 18.4. The molecule has 2 aromatic rings. The van der Waals surface area contributed by atoms with E-state index in [4.69, 9.17) is 14.9 Å². The first-order valence-corrected chi connectivity index (χ1v) is 7.61. The Kier molecular flexibility index (Phi) is 5.71. The number of hydrogen-bond acceptors (Lipinski definition) is 5. The fourth-order valence-corrected chi connectivity index (χ4v) is 2.44. The summed E-state index contributed by atoms with van der Waals surface area (Å²) in [6, 6.07) is 11.0. The Hall–Kier alpha value is -2.93. The molecule has 0 aliphatic rings. The van der Waals surface area contributed by atoms with Crippen LogP contribution < -0.4 is 4.74 Å². The summed E-state index contributed by atoms with van der Waals surface area (Å²) >= 11 is 0. The quantitative estimate of drug-likeness (QED) is 0.669. The van der Waals surface area contributed by atoms with Crippen molar-refractivity contribution in [1.29, 1.82) is 0 Å². The monoisotopic (exact) mass is 345 g/mol. The number of carbonyl (C=O) groups is 2. The largest absolute Gasteiger partial charge is 0.481 e. The first-order valence-electron chi connectivity index (χ1n) is 7.61. The van der Waals surface area contributed by atoms with Gasteiger partial charge in [0.2, 0.25) is 5.88 Å². The molecule has 7 heteroatoms. The molecule has 132 valence electrons. The molecule has 0 radical (unpaired) electrons. The highest BCUT2D eigenvalue weighted by molar-refractivity contribution is 5.83. The number of hydrogen-bond donors (Lipinski definition) is 3. The average Bonchev–Trinajstić information content (AvgIpc) is 2.60. The van der Waals surface area contributed by atoms with Gasteiger partial charge in [-0.3, -0.25) is 4.79 Å². The van der Waals surface area contributed by atoms with Crippen molar-refractivity contribution in [2.75, 3.05) is 7.11 Å². The van der Waals surface area contributed by atoms with Gasteiger partial charge in [-0.15, -0.1) is 0 Å². The Labute approximate surface area is 144 Å². The molecule has 1 aromatic carbocycles. The normalized spacial score (nSPS) is 13.0. The molecule has 7 nitrogen and oxygen atoms in total. The van der Waals surface area contributed by atoms with Gasteiger partial charge in [-0.25, -0.2) is 9.78 Å². The Balaban J connectivity index is 2.09. The average molecular weight is 345 g/mol. The molecule has 0 fully saturated rings. The SMILES string of the molecule is COc1cc(-c2ccc(CCC(O)(CC(=O)O)C(=O)O)cc2)ccn1. The molecule has 0 aliphatic heterocycles. The number of aryl methyl sites for hydroxylation is 1. The number of carboxylic acids is 2. The highest BCUT2D eigenvalue weighted by Gasteiger charge is 2.38. The van der Waals surface area contributed by atoms with E-state index in [9.17, 15) is 14.7 Å². The predicted molar refractivity (Wildman–Crippen MR) is 89.4 cm³/mol. The Bertz CT molecular complexity index is 758. The van der Waals surface area contributed by atoms with Crippen LogP contribution in [0, 0.1) is 0 Å². The van der Waals surface area contributed by atoms with E-state index >= 15 is 0 Å². The number of methoxy groups -OCH3 is 1. The molecule has 2 rings (SSSR count). The van der Waals surface area contributed by atoms with Crippen LogP contribution in [0.1, 0.15) is 18.4 Å². The maximum absolute atomic E-state index is 11.1. The molecule has 0 saturated heterocycles. The van der Waals surface area contributed by atoms with Crippen molar-refractivity contribution in [2.45, 2.75) is 24.9 Å². The van der Waals surface area contributed by atoms with E-state index < -0.39 is 24.0 Å². The zero-order valence-electron chi connectivity index (χ0n) is 13.7. The second kappa shape index (κ2) is 7.76. The van der Waals surface area contributed by atoms with Gasteiger partial charge in [0.15, 0.2) is 5.60 Å². The van der Waals surface area contributed by atoms with Crippen LogP contribution in [0.5, 0.6) is 5.88 Å². The Morgan fingerprint density at radius 3 is 2.36 bits per heavy atom. The van der Waals surface area contributed by atoms with Crippen LogP contribution in [-0.4, -0.2) is 45.0 Å². The third-order valence-electron chi connectivity index (χ3n) is 3.90. The van der Waals surface area contributed by atoms with Gasteiger partial charge in [-0.2, -0.15) is 0 Å². The minimum absolute atomic E-state index is 0.183. The lowest BCUT2D eigenvalue weighted by molar-refractivity contribution is -0.166. The van der Waals surface area contributed by atoms with E-state index in [0.717, 1.165) is 16.7 Å². The number of nitrogens with zero attached hydrogens (tertiary/aromatic N) is 1. The van der Waals surface area contributed by atoms with Gasteiger partial charge in [-0.1, -0.05) is 24.3 Å². The number of carboxylic acid groups (broad SMARTS) is 2. The second-order valence-electron chi connectivity index (χ2n) is 5.69. The summed E-state index contributed by atoms with van der Waals surface area (Å²) < 4.78 is 5.09. The number of aromatic nitrogens is 1. The van der Waals surface area contributed by atoms with Crippen molar-refractivity contribution in [3.05, 3.63) is 48.2 Å². The van der Waals surface area contributed by atoms with E-state index in [0.29, 0.717) is 5.88 Å². The van der Waals surface area contributed by atoms with E-state index in [-0.39, 0.29) is 12.8 Å². The van der Waals surface area contributed by atoms with E-state index in [1.165, 1.54) is 7.11 Å². The van der Waals surface area contributed by atoms with Crippen molar-refractivity contribution < 1.29 is 29.6 Å². The predicted octanol–water partition coefficient (Wildman–Crippen LogP) is 1.98. The summed E-state index contributed by atoms with van der Waals surface area (Å²) in [6.45, 7) is 0. The number of ether oxygens (including phenoxy) is 1. The smallest absolute Gasteiger partial charge is 0.336 e. The van der Waals surface area contributed by atoms with E-state index in [1.54, 1.807) is 12.3 Å². The van der Waals surface area contributed by atoms with Crippen LogP contribution in [0.15, 0.2) is 42.6 Å². The number of aliphatic hydroxyl groups is 1. The van der Waals surface area contributed by atoms with Crippen molar-refractivity contribution in [1.82, 2.24) is 4.98 Å². The number of rotatable bonds is 8.